The summed E-state index contributed by atoms with van der Waals surface area (Å²) in [6.45, 7) is -1.62. The third-order valence-electron chi connectivity index (χ3n) is 1.99. The Labute approximate surface area is 134 Å². The fourth-order valence-electron chi connectivity index (χ4n) is 0.491. The fourth-order valence-corrected chi connectivity index (χ4v) is 0.874. The summed E-state index contributed by atoms with van der Waals surface area (Å²) >= 11 is 7.36. The summed E-state index contributed by atoms with van der Waals surface area (Å²) in [6.07, 6.45) is 0.312. The molecule has 0 saturated carbocycles. The molecule has 0 spiro atoms. The van der Waals surface area contributed by atoms with Crippen LogP contribution < -0.4 is 0 Å². The first-order valence-corrected chi connectivity index (χ1v) is 7.14. The van der Waals surface area contributed by atoms with Crippen molar-refractivity contribution in [3.8, 4) is 0 Å². The maximum Gasteiger partial charge on any atom is 0.304 e. The number of aliphatic hydroxyl groups excluding tert-OH is 4. The quantitative estimate of drug-likeness (QED) is 0.252. The van der Waals surface area contributed by atoms with Crippen molar-refractivity contribution in [3.05, 3.63) is 0 Å². The molecule has 6 N–H and O–H groups in total. The number of carboxylic acids is 2. The zero-order valence-corrected chi connectivity index (χ0v) is 13.3. The first kappa shape index (κ1) is 25.4. The molecular weight excluding hydrogens is 324 g/mol. The first-order chi connectivity index (χ1) is 9.78. The van der Waals surface area contributed by atoms with E-state index in [0.29, 0.717) is 11.5 Å². The molecule has 0 aromatic rings. The van der Waals surface area contributed by atoms with Crippen LogP contribution in [0.15, 0.2) is 0 Å². The van der Waals surface area contributed by atoms with Gasteiger partial charge in [0.1, 0.15) is 0 Å². The molecule has 0 fully saturated rings. The van der Waals surface area contributed by atoms with Crippen molar-refractivity contribution in [3.63, 3.8) is 0 Å². The summed E-state index contributed by atoms with van der Waals surface area (Å²) in [6, 6.07) is 0. The molecule has 0 rings (SSSR count). The molecule has 21 heavy (non-hydrogen) atoms. The molecule has 0 saturated heterocycles. The molecule has 10 heteroatoms. The van der Waals surface area contributed by atoms with Crippen LogP contribution in [0.4, 0.5) is 0 Å². The van der Waals surface area contributed by atoms with E-state index in [1.807, 2.05) is 0 Å². The molecule has 0 aliphatic heterocycles. The smallest absolute Gasteiger partial charge is 0.304 e. The van der Waals surface area contributed by atoms with E-state index >= 15 is 0 Å². The minimum Gasteiger partial charge on any atom is -0.481 e. The maximum atomic E-state index is 9.55. The number of hydrogen-bond donors (Lipinski definition) is 8. The summed E-state index contributed by atoms with van der Waals surface area (Å²) in [5, 5.41) is 49.7. The third-order valence-corrected chi connectivity index (χ3v) is 2.44. The highest BCUT2D eigenvalue weighted by molar-refractivity contribution is 7.80. The minimum atomic E-state index is -1.11. The van der Waals surface area contributed by atoms with Gasteiger partial charge in [0.25, 0.3) is 0 Å². The van der Waals surface area contributed by atoms with Crippen molar-refractivity contribution in [1.29, 1.82) is 0 Å². The number of carboxylic acid groups (broad SMARTS) is 2. The highest BCUT2D eigenvalue weighted by Crippen LogP contribution is 2.11. The number of thiol groups is 2. The van der Waals surface area contributed by atoms with Crippen LogP contribution in [0.5, 0.6) is 0 Å². The summed E-state index contributed by atoms with van der Waals surface area (Å²) in [5.41, 5.74) is -1.11. The summed E-state index contributed by atoms with van der Waals surface area (Å²) < 4.78 is 0. The molecule has 0 amide bonds. The van der Waals surface area contributed by atoms with E-state index in [2.05, 4.69) is 25.3 Å². The van der Waals surface area contributed by atoms with E-state index in [1.54, 1.807) is 0 Å². The Morgan fingerprint density at radius 3 is 0.952 bits per heavy atom. The summed E-state index contributed by atoms with van der Waals surface area (Å²) in [5.74, 6) is -0.722. The number of rotatable bonds is 8. The van der Waals surface area contributed by atoms with Gasteiger partial charge in [-0.1, -0.05) is 0 Å². The molecule has 0 atom stereocenters. The second-order valence-corrected chi connectivity index (χ2v) is 4.76. The van der Waals surface area contributed by atoms with Gasteiger partial charge in [-0.25, -0.2) is 0 Å². The van der Waals surface area contributed by atoms with E-state index in [0.717, 1.165) is 0 Å². The van der Waals surface area contributed by atoms with E-state index in [9.17, 15) is 9.59 Å². The van der Waals surface area contributed by atoms with Crippen LogP contribution in [-0.4, -0.2) is 80.5 Å². The Hall–Kier alpha value is -0.520. The SMILES string of the molecule is O=C(O)CCS.O=C(O)CCS.OCC(CO)(CO)CO. The number of carbonyl (C=O) groups is 2. The van der Waals surface area contributed by atoms with Gasteiger partial charge in [-0.3, -0.25) is 9.59 Å². The summed E-state index contributed by atoms with van der Waals surface area (Å²) in [7, 11) is 0. The zero-order valence-electron chi connectivity index (χ0n) is 11.6. The van der Waals surface area contributed by atoms with Crippen molar-refractivity contribution >= 4 is 37.2 Å². The van der Waals surface area contributed by atoms with Crippen molar-refractivity contribution in [1.82, 2.24) is 0 Å². The van der Waals surface area contributed by atoms with Crippen LogP contribution in [-0.2, 0) is 9.59 Å². The van der Waals surface area contributed by atoms with Crippen molar-refractivity contribution < 1.29 is 40.2 Å². The number of aliphatic carboxylic acids is 2. The van der Waals surface area contributed by atoms with Gasteiger partial charge in [0.2, 0.25) is 0 Å². The van der Waals surface area contributed by atoms with Gasteiger partial charge in [-0.2, -0.15) is 25.3 Å². The van der Waals surface area contributed by atoms with Crippen LogP contribution in [0.1, 0.15) is 12.8 Å². The lowest BCUT2D eigenvalue weighted by atomic mass is 9.93. The van der Waals surface area contributed by atoms with E-state index < -0.39 is 43.8 Å². The van der Waals surface area contributed by atoms with Gasteiger partial charge in [0.15, 0.2) is 0 Å². The molecule has 0 radical (unpaired) electrons. The van der Waals surface area contributed by atoms with E-state index in [4.69, 9.17) is 30.6 Å². The molecule has 0 heterocycles. The topological polar surface area (TPSA) is 156 Å². The van der Waals surface area contributed by atoms with Crippen molar-refractivity contribution in [2.45, 2.75) is 12.8 Å². The predicted octanol–water partition coefficient (Wildman–Crippen LogP) is -1.28. The predicted molar refractivity (Wildman–Crippen MR) is 83.0 cm³/mol. The van der Waals surface area contributed by atoms with E-state index in [1.165, 1.54) is 0 Å². The lowest BCUT2D eigenvalue weighted by molar-refractivity contribution is -0.137. The Morgan fingerprint density at radius 2 is 0.952 bits per heavy atom. The number of hydrogen-bond acceptors (Lipinski definition) is 8. The lowest BCUT2D eigenvalue weighted by Crippen LogP contribution is -2.37. The molecule has 0 aromatic carbocycles. The second-order valence-electron chi connectivity index (χ2n) is 3.87. The van der Waals surface area contributed by atoms with Gasteiger partial charge >= 0.3 is 11.9 Å². The zero-order chi connectivity index (χ0) is 17.3. The average Bonchev–Trinajstić information content (AvgIpc) is 2.43. The fraction of sp³-hybridized carbons (Fsp3) is 0.818. The molecule has 0 bridgehead atoms. The van der Waals surface area contributed by atoms with Gasteiger partial charge in [0.05, 0.1) is 44.7 Å². The number of aliphatic hydroxyl groups is 4. The Bertz CT molecular complexity index is 225. The van der Waals surface area contributed by atoms with Gasteiger partial charge < -0.3 is 30.6 Å². The second kappa shape index (κ2) is 17.5. The van der Waals surface area contributed by atoms with Gasteiger partial charge in [-0.15, -0.1) is 0 Å². The Kier molecular flexibility index (Phi) is 21.2. The molecule has 0 unspecified atom stereocenters. The minimum absolute atomic E-state index is 0.156. The summed E-state index contributed by atoms with van der Waals surface area (Å²) in [4.78, 5) is 19.1. The Morgan fingerprint density at radius 1 is 0.714 bits per heavy atom. The molecule has 0 aromatic heterocycles. The van der Waals surface area contributed by atoms with Crippen LogP contribution in [0.2, 0.25) is 0 Å². The molecule has 0 aliphatic carbocycles. The monoisotopic (exact) mass is 348 g/mol. The van der Waals surface area contributed by atoms with Crippen LogP contribution >= 0.6 is 25.3 Å². The van der Waals surface area contributed by atoms with E-state index in [-0.39, 0.29) is 12.8 Å². The van der Waals surface area contributed by atoms with Crippen LogP contribution in [0.3, 0.4) is 0 Å². The molecule has 0 aliphatic rings. The Balaban J connectivity index is -0.000000240. The van der Waals surface area contributed by atoms with Crippen molar-refractivity contribution in [2.75, 3.05) is 37.9 Å². The van der Waals surface area contributed by atoms with Crippen molar-refractivity contribution in [2.24, 2.45) is 5.41 Å². The van der Waals surface area contributed by atoms with Gasteiger partial charge in [0, 0.05) is 11.5 Å². The standard InChI is InChI=1S/C5H12O4.2C3H6O2S/c6-1-5(2-7,3-8)4-9;2*4-3(5)1-2-6/h6-9H,1-4H2;2*6H,1-2H2,(H,4,5). The highest BCUT2D eigenvalue weighted by atomic mass is 32.1. The maximum absolute atomic E-state index is 9.55. The highest BCUT2D eigenvalue weighted by Gasteiger charge is 2.26. The molecular formula is C11H24O8S2. The average molecular weight is 348 g/mol. The van der Waals surface area contributed by atoms with Crippen LogP contribution in [0, 0.1) is 5.41 Å². The molecule has 8 nitrogen and oxygen atoms in total. The van der Waals surface area contributed by atoms with Crippen LogP contribution in [0.25, 0.3) is 0 Å². The molecule has 128 valence electrons. The normalized spacial score (nSPS) is 9.81. The largest absolute Gasteiger partial charge is 0.481 e. The third kappa shape index (κ3) is 19.5. The van der Waals surface area contributed by atoms with Gasteiger partial charge in [-0.05, 0) is 0 Å². The first-order valence-electron chi connectivity index (χ1n) is 5.87. The lowest BCUT2D eigenvalue weighted by Gasteiger charge is -2.23.